The van der Waals surface area contributed by atoms with Crippen molar-refractivity contribution in [3.8, 4) is 17.1 Å². The smallest absolute Gasteiger partial charge is 0.262 e. The monoisotopic (exact) mass is 339 g/mol. The number of aromatic amines is 1. The normalized spacial score (nSPS) is 10.6. The van der Waals surface area contributed by atoms with Crippen molar-refractivity contribution in [2.24, 2.45) is 0 Å². The zero-order valence-electron chi connectivity index (χ0n) is 13.9. The lowest BCUT2D eigenvalue weighted by molar-refractivity contribution is -0.114. The van der Waals surface area contributed by atoms with E-state index in [2.05, 4.69) is 25.3 Å². The maximum absolute atomic E-state index is 12.3. The molecule has 1 aromatic carbocycles. The molecule has 0 spiro atoms. The van der Waals surface area contributed by atoms with Crippen LogP contribution < -0.4 is 15.6 Å². The Kier molecular flexibility index (Phi) is 4.69. The molecule has 128 valence electrons. The molecule has 0 atom stereocenters. The minimum absolute atomic E-state index is 0.0968. The van der Waals surface area contributed by atoms with Crippen LogP contribution in [0.4, 0.5) is 5.95 Å². The third-order valence-corrected chi connectivity index (χ3v) is 3.35. The van der Waals surface area contributed by atoms with Crippen molar-refractivity contribution in [1.82, 2.24) is 19.9 Å². The molecule has 2 heterocycles. The van der Waals surface area contributed by atoms with Crippen molar-refractivity contribution in [2.75, 3.05) is 11.9 Å². The molecular formula is C17H17N5O3. The fourth-order valence-corrected chi connectivity index (χ4v) is 2.27. The number of fused-ring (bicyclic) bond motifs is 1. The van der Waals surface area contributed by atoms with E-state index in [9.17, 15) is 9.59 Å². The van der Waals surface area contributed by atoms with Crippen LogP contribution in [0.3, 0.4) is 0 Å². The number of carbonyl (C=O) groups excluding carboxylic acids is 1. The average Bonchev–Trinajstić information content (AvgIpc) is 2.59. The van der Waals surface area contributed by atoms with Crippen LogP contribution in [0.15, 0.2) is 35.3 Å². The minimum atomic E-state index is -0.361. The van der Waals surface area contributed by atoms with E-state index < -0.39 is 0 Å². The molecule has 8 heteroatoms. The highest BCUT2D eigenvalue weighted by Gasteiger charge is 2.12. The van der Waals surface area contributed by atoms with Crippen LogP contribution in [0.25, 0.3) is 22.4 Å². The van der Waals surface area contributed by atoms with E-state index in [-0.39, 0.29) is 28.4 Å². The first-order valence-electron chi connectivity index (χ1n) is 7.85. The van der Waals surface area contributed by atoms with E-state index in [1.807, 2.05) is 31.2 Å². The first-order chi connectivity index (χ1) is 12.1. The number of carbonyl (C=O) groups is 1. The average molecular weight is 339 g/mol. The number of rotatable bonds is 5. The molecular weight excluding hydrogens is 322 g/mol. The van der Waals surface area contributed by atoms with Crippen LogP contribution in [-0.4, -0.2) is 32.4 Å². The predicted octanol–water partition coefficient (Wildman–Crippen LogP) is 2.13. The Morgan fingerprint density at radius 2 is 2.08 bits per heavy atom. The number of nitrogens with zero attached hydrogens (tertiary/aromatic N) is 3. The lowest BCUT2D eigenvalue weighted by Crippen LogP contribution is -2.14. The van der Waals surface area contributed by atoms with Gasteiger partial charge in [-0.3, -0.25) is 14.9 Å². The van der Waals surface area contributed by atoms with Crippen molar-refractivity contribution >= 4 is 22.9 Å². The molecule has 0 radical (unpaired) electrons. The Balaban J connectivity index is 2.11. The zero-order chi connectivity index (χ0) is 17.8. The lowest BCUT2D eigenvalue weighted by atomic mass is 10.2. The van der Waals surface area contributed by atoms with Gasteiger partial charge in [-0.15, -0.1) is 0 Å². The largest absolute Gasteiger partial charge is 0.493 e. The quantitative estimate of drug-likeness (QED) is 0.737. The second kappa shape index (κ2) is 7.08. The highest BCUT2D eigenvalue weighted by molar-refractivity contribution is 5.87. The van der Waals surface area contributed by atoms with Crippen LogP contribution in [0.1, 0.15) is 20.3 Å². The number of anilines is 1. The second-order valence-electron chi connectivity index (χ2n) is 5.37. The van der Waals surface area contributed by atoms with Crippen molar-refractivity contribution in [1.29, 1.82) is 0 Å². The molecule has 0 aliphatic carbocycles. The van der Waals surface area contributed by atoms with Crippen LogP contribution in [0, 0.1) is 0 Å². The summed E-state index contributed by atoms with van der Waals surface area (Å²) in [5.41, 5.74) is 0.497. The second-order valence-corrected chi connectivity index (χ2v) is 5.37. The lowest BCUT2D eigenvalue weighted by Gasteiger charge is -2.10. The van der Waals surface area contributed by atoms with E-state index in [4.69, 9.17) is 4.74 Å². The number of benzene rings is 1. The summed E-state index contributed by atoms with van der Waals surface area (Å²) in [6.07, 6.45) is 2.20. The van der Waals surface area contributed by atoms with Crippen molar-refractivity contribution in [3.63, 3.8) is 0 Å². The molecule has 0 saturated carbocycles. The maximum Gasteiger partial charge on any atom is 0.262 e. The Hall–Kier alpha value is -3.29. The zero-order valence-corrected chi connectivity index (χ0v) is 13.9. The molecule has 0 bridgehead atoms. The molecule has 0 fully saturated rings. The molecule has 3 aromatic rings. The maximum atomic E-state index is 12.3. The van der Waals surface area contributed by atoms with Gasteiger partial charge < -0.3 is 9.72 Å². The van der Waals surface area contributed by atoms with E-state index in [1.165, 1.54) is 13.1 Å². The molecule has 1 amide bonds. The van der Waals surface area contributed by atoms with Gasteiger partial charge in [0, 0.05) is 13.1 Å². The van der Waals surface area contributed by atoms with Gasteiger partial charge in [0.25, 0.3) is 5.56 Å². The first-order valence-corrected chi connectivity index (χ1v) is 7.85. The highest BCUT2D eigenvalue weighted by Crippen LogP contribution is 2.27. The fraction of sp³-hybridized carbons (Fsp3) is 0.235. The molecule has 0 aliphatic heterocycles. The summed E-state index contributed by atoms with van der Waals surface area (Å²) in [7, 11) is 0. The summed E-state index contributed by atoms with van der Waals surface area (Å²) >= 11 is 0. The summed E-state index contributed by atoms with van der Waals surface area (Å²) in [4.78, 5) is 38.7. The van der Waals surface area contributed by atoms with Gasteiger partial charge in [-0.25, -0.2) is 9.97 Å². The van der Waals surface area contributed by atoms with Gasteiger partial charge in [0.2, 0.25) is 11.9 Å². The SMILES string of the molecule is CCCOc1ccccc1-c1nc2nc(NC(C)=O)ncc2c(=O)[nH]1. The number of hydrogen-bond donors (Lipinski definition) is 2. The topological polar surface area (TPSA) is 110 Å². The third kappa shape index (κ3) is 3.63. The van der Waals surface area contributed by atoms with Crippen molar-refractivity contribution in [3.05, 3.63) is 40.8 Å². The van der Waals surface area contributed by atoms with Gasteiger partial charge in [0.1, 0.15) is 17.0 Å². The van der Waals surface area contributed by atoms with Gasteiger partial charge in [0.15, 0.2) is 5.65 Å². The highest BCUT2D eigenvalue weighted by atomic mass is 16.5. The number of hydrogen-bond acceptors (Lipinski definition) is 6. The van der Waals surface area contributed by atoms with E-state index in [0.717, 1.165) is 6.42 Å². The molecule has 25 heavy (non-hydrogen) atoms. The van der Waals surface area contributed by atoms with Crippen LogP contribution in [0.5, 0.6) is 5.75 Å². The summed E-state index contributed by atoms with van der Waals surface area (Å²) in [5, 5.41) is 2.72. The Morgan fingerprint density at radius 3 is 2.84 bits per heavy atom. The number of aromatic nitrogens is 4. The number of ether oxygens (including phenoxy) is 1. The third-order valence-electron chi connectivity index (χ3n) is 3.35. The summed E-state index contributed by atoms with van der Waals surface area (Å²) in [6, 6.07) is 7.31. The summed E-state index contributed by atoms with van der Waals surface area (Å²) < 4.78 is 5.72. The molecule has 8 nitrogen and oxygen atoms in total. The standard InChI is InChI=1S/C17H17N5O3/c1-3-8-25-13-7-5-4-6-11(13)14-20-15-12(16(24)21-14)9-18-17(22-15)19-10(2)23/h4-7,9H,3,8H2,1-2H3,(H2,18,19,20,21,22,23,24). The Labute approximate surface area is 143 Å². The fourth-order valence-electron chi connectivity index (χ4n) is 2.27. The summed E-state index contributed by atoms with van der Waals surface area (Å²) in [6.45, 7) is 3.93. The number of nitrogens with one attached hydrogen (secondary N) is 2. The van der Waals surface area contributed by atoms with Gasteiger partial charge in [-0.2, -0.15) is 4.98 Å². The van der Waals surface area contributed by atoms with Crippen molar-refractivity contribution < 1.29 is 9.53 Å². The minimum Gasteiger partial charge on any atom is -0.493 e. The Morgan fingerprint density at radius 1 is 1.28 bits per heavy atom. The molecule has 2 aromatic heterocycles. The summed E-state index contributed by atoms with van der Waals surface area (Å²) in [5.74, 6) is 0.766. The van der Waals surface area contributed by atoms with Crippen LogP contribution in [0.2, 0.25) is 0 Å². The molecule has 0 unspecified atom stereocenters. The predicted molar refractivity (Wildman–Crippen MR) is 93.5 cm³/mol. The number of H-pyrrole nitrogens is 1. The number of amides is 1. The molecule has 3 rings (SSSR count). The first kappa shape index (κ1) is 16.6. The molecule has 0 aliphatic rings. The van der Waals surface area contributed by atoms with Crippen LogP contribution in [-0.2, 0) is 4.79 Å². The Bertz CT molecular complexity index is 983. The van der Waals surface area contributed by atoms with Crippen LogP contribution >= 0.6 is 0 Å². The molecule has 0 saturated heterocycles. The van der Waals surface area contributed by atoms with E-state index in [1.54, 1.807) is 0 Å². The van der Waals surface area contributed by atoms with Crippen molar-refractivity contribution in [2.45, 2.75) is 20.3 Å². The van der Waals surface area contributed by atoms with Gasteiger partial charge >= 0.3 is 0 Å². The van der Waals surface area contributed by atoms with Gasteiger partial charge in [-0.05, 0) is 18.6 Å². The van der Waals surface area contributed by atoms with E-state index in [0.29, 0.717) is 23.7 Å². The number of para-hydroxylation sites is 1. The van der Waals surface area contributed by atoms with Gasteiger partial charge in [0.05, 0.1) is 12.2 Å². The van der Waals surface area contributed by atoms with E-state index >= 15 is 0 Å². The molecule has 2 N–H and O–H groups in total. The van der Waals surface area contributed by atoms with Gasteiger partial charge in [-0.1, -0.05) is 19.1 Å².